The van der Waals surface area contributed by atoms with Crippen molar-refractivity contribution in [1.29, 1.82) is 0 Å². The van der Waals surface area contributed by atoms with E-state index in [4.69, 9.17) is 9.47 Å². The number of carbonyl (C=O) groups excluding carboxylic acids is 1. The second kappa shape index (κ2) is 5.51. The average Bonchev–Trinajstić information content (AvgIpc) is 2.46. The monoisotopic (exact) mass is 299 g/mol. The molecule has 4 nitrogen and oxygen atoms in total. The van der Waals surface area contributed by atoms with Crippen LogP contribution in [0.15, 0.2) is 22.7 Å². The number of hydrogen-bond donors (Lipinski definition) is 0. The van der Waals surface area contributed by atoms with Crippen LogP contribution in [-0.4, -0.2) is 44.2 Å². The molecule has 0 radical (unpaired) electrons. The quantitative estimate of drug-likeness (QED) is 0.856. The lowest BCUT2D eigenvalue weighted by atomic mass is 10.2. The minimum absolute atomic E-state index is 0.00190. The third-order valence-electron chi connectivity index (χ3n) is 2.65. The lowest BCUT2D eigenvalue weighted by Gasteiger charge is -2.19. The maximum absolute atomic E-state index is 12.2. The van der Waals surface area contributed by atoms with E-state index in [1.165, 1.54) is 0 Å². The Kier molecular flexibility index (Phi) is 4.02. The lowest BCUT2D eigenvalue weighted by molar-refractivity contribution is 0.0693. The van der Waals surface area contributed by atoms with E-state index in [-0.39, 0.29) is 5.91 Å². The van der Waals surface area contributed by atoms with Crippen molar-refractivity contribution in [3.8, 4) is 5.75 Å². The largest absolute Gasteiger partial charge is 0.491 e. The molecule has 1 amide bonds. The van der Waals surface area contributed by atoms with Crippen LogP contribution in [0.3, 0.4) is 0 Å². The number of rotatable bonds is 3. The van der Waals surface area contributed by atoms with Crippen molar-refractivity contribution in [2.75, 3.05) is 33.4 Å². The van der Waals surface area contributed by atoms with Crippen molar-refractivity contribution < 1.29 is 14.3 Å². The molecule has 0 N–H and O–H groups in total. The zero-order chi connectivity index (χ0) is 12.3. The summed E-state index contributed by atoms with van der Waals surface area (Å²) in [7, 11) is 1.63. The number of carbonyl (C=O) groups is 1. The third kappa shape index (κ3) is 2.79. The van der Waals surface area contributed by atoms with E-state index in [2.05, 4.69) is 15.9 Å². The summed E-state index contributed by atoms with van der Waals surface area (Å²) in [5, 5.41) is 0. The smallest absolute Gasteiger partial charge is 0.257 e. The molecule has 1 aliphatic heterocycles. The van der Waals surface area contributed by atoms with E-state index in [1.54, 1.807) is 18.1 Å². The van der Waals surface area contributed by atoms with Crippen LogP contribution in [-0.2, 0) is 4.74 Å². The van der Waals surface area contributed by atoms with Crippen molar-refractivity contribution in [2.24, 2.45) is 0 Å². The molecule has 1 aliphatic rings. The summed E-state index contributed by atoms with van der Waals surface area (Å²) in [4.78, 5) is 14.0. The first kappa shape index (κ1) is 12.4. The fraction of sp³-hybridized carbons (Fsp3) is 0.417. The molecule has 0 aromatic heterocycles. The number of methoxy groups -OCH3 is 1. The van der Waals surface area contributed by atoms with Gasteiger partial charge in [-0.1, -0.05) is 15.9 Å². The Morgan fingerprint density at radius 2 is 2.35 bits per heavy atom. The maximum atomic E-state index is 12.2. The van der Waals surface area contributed by atoms with E-state index < -0.39 is 0 Å². The fourth-order valence-electron chi connectivity index (χ4n) is 1.74. The molecule has 0 saturated heterocycles. The third-order valence-corrected chi connectivity index (χ3v) is 3.14. The number of benzene rings is 1. The van der Waals surface area contributed by atoms with E-state index in [0.717, 1.165) is 4.47 Å². The molecular formula is C12H14BrNO3. The van der Waals surface area contributed by atoms with Crippen molar-refractivity contribution in [3.63, 3.8) is 0 Å². The summed E-state index contributed by atoms with van der Waals surface area (Å²) < 4.78 is 11.5. The molecule has 17 heavy (non-hydrogen) atoms. The molecule has 1 aromatic rings. The van der Waals surface area contributed by atoms with Crippen LogP contribution in [0.5, 0.6) is 5.75 Å². The van der Waals surface area contributed by atoms with Gasteiger partial charge in [-0.25, -0.2) is 0 Å². The van der Waals surface area contributed by atoms with Gasteiger partial charge in [0.15, 0.2) is 0 Å². The van der Waals surface area contributed by atoms with Gasteiger partial charge in [0, 0.05) is 18.1 Å². The zero-order valence-corrected chi connectivity index (χ0v) is 11.2. The summed E-state index contributed by atoms with van der Waals surface area (Å²) in [6.07, 6.45) is 0. The fourth-order valence-corrected chi connectivity index (χ4v) is 2.08. The molecule has 0 aliphatic carbocycles. The van der Waals surface area contributed by atoms with Crippen LogP contribution in [0, 0.1) is 0 Å². The Hall–Kier alpha value is -1.07. The van der Waals surface area contributed by atoms with Gasteiger partial charge >= 0.3 is 0 Å². The van der Waals surface area contributed by atoms with Gasteiger partial charge in [-0.05, 0) is 18.2 Å². The van der Waals surface area contributed by atoms with E-state index in [1.807, 2.05) is 12.1 Å². The number of ether oxygens (including phenoxy) is 2. The van der Waals surface area contributed by atoms with Crippen LogP contribution in [0.1, 0.15) is 10.4 Å². The predicted molar refractivity (Wildman–Crippen MR) is 67.4 cm³/mol. The van der Waals surface area contributed by atoms with Gasteiger partial charge in [-0.3, -0.25) is 4.79 Å². The summed E-state index contributed by atoms with van der Waals surface area (Å²) >= 11 is 3.37. The molecular weight excluding hydrogens is 286 g/mol. The van der Waals surface area contributed by atoms with E-state index in [9.17, 15) is 4.79 Å². The van der Waals surface area contributed by atoms with Crippen LogP contribution in [0.2, 0.25) is 0 Å². The maximum Gasteiger partial charge on any atom is 0.257 e. The van der Waals surface area contributed by atoms with Gasteiger partial charge < -0.3 is 14.4 Å². The van der Waals surface area contributed by atoms with Crippen LogP contribution in [0.25, 0.3) is 0 Å². The Morgan fingerprint density at radius 1 is 1.53 bits per heavy atom. The highest BCUT2D eigenvalue weighted by molar-refractivity contribution is 9.10. The highest BCUT2D eigenvalue weighted by atomic mass is 79.9. The minimum atomic E-state index is 0.00190. The second-order valence-corrected chi connectivity index (χ2v) is 4.69. The van der Waals surface area contributed by atoms with Gasteiger partial charge in [-0.15, -0.1) is 0 Å². The molecule has 2 rings (SSSR count). The molecule has 0 atom stereocenters. The first-order valence-electron chi connectivity index (χ1n) is 5.43. The SMILES string of the molecule is COCCN1CCOc2cc(Br)ccc2C1=O. The zero-order valence-electron chi connectivity index (χ0n) is 9.61. The number of amides is 1. The van der Waals surface area contributed by atoms with Crippen LogP contribution >= 0.6 is 15.9 Å². The van der Waals surface area contributed by atoms with Crippen molar-refractivity contribution in [2.45, 2.75) is 0 Å². The first-order chi connectivity index (χ1) is 8.22. The highest BCUT2D eigenvalue weighted by Gasteiger charge is 2.23. The van der Waals surface area contributed by atoms with Crippen molar-refractivity contribution >= 4 is 21.8 Å². The van der Waals surface area contributed by atoms with E-state index >= 15 is 0 Å². The number of hydrogen-bond acceptors (Lipinski definition) is 3. The molecule has 0 fully saturated rings. The Balaban J connectivity index is 2.24. The predicted octanol–water partition coefficient (Wildman–Crippen LogP) is 1.93. The Morgan fingerprint density at radius 3 is 3.12 bits per heavy atom. The first-order valence-corrected chi connectivity index (χ1v) is 6.22. The molecule has 1 heterocycles. The summed E-state index contributed by atoms with van der Waals surface area (Å²) in [6, 6.07) is 5.46. The minimum Gasteiger partial charge on any atom is -0.491 e. The average molecular weight is 300 g/mol. The van der Waals surface area contributed by atoms with Gasteiger partial charge in [-0.2, -0.15) is 0 Å². The van der Waals surface area contributed by atoms with Gasteiger partial charge in [0.1, 0.15) is 12.4 Å². The Bertz CT molecular complexity index is 422. The normalized spacial score (nSPS) is 15.2. The molecule has 1 aromatic carbocycles. The van der Waals surface area contributed by atoms with Crippen LogP contribution in [0.4, 0.5) is 0 Å². The molecule has 0 spiro atoms. The van der Waals surface area contributed by atoms with E-state index in [0.29, 0.717) is 37.6 Å². The molecule has 92 valence electrons. The topological polar surface area (TPSA) is 38.8 Å². The highest BCUT2D eigenvalue weighted by Crippen LogP contribution is 2.26. The summed E-state index contributed by atoms with van der Waals surface area (Å²) in [5.74, 6) is 0.645. The standard InChI is InChI=1S/C12H14BrNO3/c1-16-6-4-14-5-7-17-11-8-9(13)2-3-10(11)12(14)15/h2-3,8H,4-7H2,1H3. The summed E-state index contributed by atoms with van der Waals surface area (Å²) in [5.41, 5.74) is 0.613. The van der Waals surface area contributed by atoms with Crippen molar-refractivity contribution in [1.82, 2.24) is 4.90 Å². The number of nitrogens with zero attached hydrogens (tertiary/aromatic N) is 1. The lowest BCUT2D eigenvalue weighted by Crippen LogP contribution is -2.35. The van der Waals surface area contributed by atoms with Crippen LogP contribution < -0.4 is 4.74 Å². The van der Waals surface area contributed by atoms with Crippen molar-refractivity contribution in [3.05, 3.63) is 28.2 Å². The van der Waals surface area contributed by atoms with Gasteiger partial charge in [0.05, 0.1) is 18.7 Å². The molecule has 0 unspecified atom stereocenters. The van der Waals surface area contributed by atoms with Gasteiger partial charge in [0.25, 0.3) is 5.91 Å². The molecule has 0 saturated carbocycles. The summed E-state index contributed by atoms with van der Waals surface area (Å²) in [6.45, 7) is 2.24. The van der Waals surface area contributed by atoms with Gasteiger partial charge in [0.2, 0.25) is 0 Å². The number of fused-ring (bicyclic) bond motifs is 1. The molecule has 0 bridgehead atoms. The second-order valence-electron chi connectivity index (χ2n) is 3.77. The number of halogens is 1. The Labute approximate surface area is 109 Å². The molecule has 5 heteroatoms.